The first-order valence-electron chi connectivity index (χ1n) is 8.52. The molecule has 0 heterocycles. The van der Waals surface area contributed by atoms with Crippen molar-refractivity contribution in [2.45, 2.75) is 42.4 Å². The topological polar surface area (TPSA) is 43.1 Å². The molecule has 140 valence electrons. The Balaban J connectivity index is 0.000000244. The molecule has 3 aromatic rings. The van der Waals surface area contributed by atoms with Gasteiger partial charge in [0.2, 0.25) is 0 Å². The van der Waals surface area contributed by atoms with Gasteiger partial charge in [-0.25, -0.2) is 0 Å². The molecule has 27 heavy (non-hydrogen) atoms. The van der Waals surface area contributed by atoms with E-state index in [-0.39, 0.29) is 10.6 Å². The van der Waals surface area contributed by atoms with Crippen molar-refractivity contribution in [3.63, 3.8) is 0 Å². The molecule has 0 saturated heterocycles. The van der Waals surface area contributed by atoms with E-state index in [1.807, 2.05) is 38.1 Å². The van der Waals surface area contributed by atoms with Gasteiger partial charge in [0.25, 0.3) is 5.69 Å². The van der Waals surface area contributed by atoms with E-state index in [9.17, 15) is 10.1 Å². The van der Waals surface area contributed by atoms with E-state index in [0.29, 0.717) is 4.90 Å². The maximum Gasteiger partial charge on any atom is 0.283 e. The van der Waals surface area contributed by atoms with Gasteiger partial charge < -0.3 is 0 Å². The molecule has 3 rings (SSSR count). The Morgan fingerprint density at radius 1 is 0.815 bits per heavy atom. The van der Waals surface area contributed by atoms with Crippen LogP contribution in [-0.2, 0) is 0 Å². The van der Waals surface area contributed by atoms with Gasteiger partial charge in [-0.15, -0.1) is 12.6 Å². The standard InChI is InChI=1S/C14H13NO2S.C8H10S/c1-10-7-8-13(11(2)9-10)18-14-6-4-3-5-12(14)15(16)17;1-6-3-4-8(9)7(2)5-6/h3-9H,1-2H3;3-5,9H,1-2H3. The van der Waals surface area contributed by atoms with Crippen LogP contribution in [0.4, 0.5) is 5.69 Å². The molecule has 0 unspecified atom stereocenters. The predicted octanol–water partition coefficient (Wildman–Crippen LogP) is 6.95. The van der Waals surface area contributed by atoms with Crippen LogP contribution in [0.15, 0.2) is 75.4 Å². The van der Waals surface area contributed by atoms with E-state index in [1.54, 1.807) is 12.1 Å². The molecule has 0 aliphatic carbocycles. The van der Waals surface area contributed by atoms with E-state index in [1.165, 1.54) is 34.5 Å². The SMILES string of the molecule is Cc1ccc(S)c(C)c1.Cc1ccc(Sc2ccccc2[N+](=O)[O-])c(C)c1. The molecule has 0 N–H and O–H groups in total. The summed E-state index contributed by atoms with van der Waals surface area (Å²) in [5.74, 6) is 0. The second-order valence-corrected chi connectivity index (χ2v) is 7.95. The molecule has 0 saturated carbocycles. The van der Waals surface area contributed by atoms with E-state index in [2.05, 4.69) is 44.7 Å². The summed E-state index contributed by atoms with van der Waals surface area (Å²) in [6.07, 6.45) is 0. The van der Waals surface area contributed by atoms with Crippen LogP contribution < -0.4 is 0 Å². The zero-order valence-electron chi connectivity index (χ0n) is 15.9. The number of hydrogen-bond donors (Lipinski definition) is 1. The number of para-hydroxylation sites is 1. The smallest absolute Gasteiger partial charge is 0.258 e. The van der Waals surface area contributed by atoms with Crippen LogP contribution in [0.2, 0.25) is 0 Å². The summed E-state index contributed by atoms with van der Waals surface area (Å²) in [6, 6.07) is 19.1. The van der Waals surface area contributed by atoms with Crippen LogP contribution in [0, 0.1) is 37.8 Å². The highest BCUT2D eigenvalue weighted by molar-refractivity contribution is 7.99. The van der Waals surface area contributed by atoms with Gasteiger partial charge in [-0.1, -0.05) is 59.3 Å². The van der Waals surface area contributed by atoms with Gasteiger partial charge in [-0.2, -0.15) is 0 Å². The highest BCUT2D eigenvalue weighted by Crippen LogP contribution is 2.36. The summed E-state index contributed by atoms with van der Waals surface area (Å²) in [5.41, 5.74) is 5.03. The molecule has 5 heteroatoms. The molecule has 0 atom stereocenters. The lowest BCUT2D eigenvalue weighted by Crippen LogP contribution is -1.90. The normalized spacial score (nSPS) is 10.1. The summed E-state index contributed by atoms with van der Waals surface area (Å²) < 4.78 is 0. The molecule has 0 spiro atoms. The molecule has 0 aromatic heterocycles. The number of nitro groups is 1. The van der Waals surface area contributed by atoms with Crippen molar-refractivity contribution in [3.8, 4) is 0 Å². The summed E-state index contributed by atoms with van der Waals surface area (Å²) in [4.78, 5) is 13.4. The molecule has 0 aliphatic heterocycles. The van der Waals surface area contributed by atoms with Crippen LogP contribution in [0.25, 0.3) is 0 Å². The number of nitro benzene ring substituents is 1. The van der Waals surface area contributed by atoms with Crippen molar-refractivity contribution < 1.29 is 4.92 Å². The minimum absolute atomic E-state index is 0.155. The third-order valence-corrected chi connectivity index (χ3v) is 5.71. The number of aryl methyl sites for hydroxylation is 4. The Bertz CT molecular complexity index is 955. The summed E-state index contributed by atoms with van der Waals surface area (Å²) in [6.45, 7) is 8.20. The molecule has 0 fully saturated rings. The number of benzene rings is 3. The van der Waals surface area contributed by atoms with Gasteiger partial charge in [0.05, 0.1) is 9.82 Å². The summed E-state index contributed by atoms with van der Waals surface area (Å²) in [5, 5.41) is 10.9. The fraction of sp³-hybridized carbons (Fsp3) is 0.182. The molecule has 0 amide bonds. The third kappa shape index (κ3) is 6.15. The lowest BCUT2D eigenvalue weighted by atomic mass is 10.2. The average molecular weight is 398 g/mol. The van der Waals surface area contributed by atoms with Crippen molar-refractivity contribution >= 4 is 30.1 Å². The first-order chi connectivity index (χ1) is 12.8. The van der Waals surface area contributed by atoms with E-state index in [0.717, 1.165) is 15.4 Å². The first kappa shape index (κ1) is 21.1. The lowest BCUT2D eigenvalue weighted by Gasteiger charge is -2.06. The number of hydrogen-bond acceptors (Lipinski definition) is 4. The van der Waals surface area contributed by atoms with Gasteiger partial charge in [0, 0.05) is 15.9 Å². The summed E-state index contributed by atoms with van der Waals surface area (Å²) in [7, 11) is 0. The largest absolute Gasteiger partial charge is 0.283 e. The van der Waals surface area contributed by atoms with Crippen molar-refractivity contribution in [3.05, 3.63) is 93.0 Å². The molecule has 0 bridgehead atoms. The van der Waals surface area contributed by atoms with E-state index < -0.39 is 0 Å². The van der Waals surface area contributed by atoms with Crippen LogP contribution in [0.3, 0.4) is 0 Å². The highest BCUT2D eigenvalue weighted by atomic mass is 32.2. The minimum Gasteiger partial charge on any atom is -0.258 e. The predicted molar refractivity (Wildman–Crippen MR) is 116 cm³/mol. The average Bonchev–Trinajstić information content (AvgIpc) is 2.62. The van der Waals surface area contributed by atoms with Gasteiger partial charge in [0.15, 0.2) is 0 Å². The molecule has 3 nitrogen and oxygen atoms in total. The molecular weight excluding hydrogens is 374 g/mol. The number of nitrogens with zero attached hydrogens (tertiary/aromatic N) is 1. The van der Waals surface area contributed by atoms with Gasteiger partial charge in [0.1, 0.15) is 0 Å². The Kier molecular flexibility index (Phi) is 7.51. The first-order valence-corrected chi connectivity index (χ1v) is 9.79. The minimum atomic E-state index is -0.341. The highest BCUT2D eigenvalue weighted by Gasteiger charge is 2.14. The van der Waals surface area contributed by atoms with Crippen LogP contribution in [0.5, 0.6) is 0 Å². The van der Waals surface area contributed by atoms with E-state index >= 15 is 0 Å². The maximum atomic E-state index is 10.9. The van der Waals surface area contributed by atoms with Crippen molar-refractivity contribution in [2.24, 2.45) is 0 Å². The number of rotatable bonds is 3. The Morgan fingerprint density at radius 2 is 1.41 bits per heavy atom. The van der Waals surface area contributed by atoms with Gasteiger partial charge in [-0.05, 0) is 57.0 Å². The number of thiol groups is 1. The zero-order valence-corrected chi connectivity index (χ0v) is 17.6. The van der Waals surface area contributed by atoms with Crippen LogP contribution >= 0.6 is 24.4 Å². The maximum absolute atomic E-state index is 10.9. The van der Waals surface area contributed by atoms with E-state index in [4.69, 9.17) is 0 Å². The summed E-state index contributed by atoms with van der Waals surface area (Å²) >= 11 is 5.68. The fourth-order valence-corrected chi connectivity index (χ4v) is 3.66. The zero-order chi connectivity index (χ0) is 20.0. The van der Waals surface area contributed by atoms with Gasteiger partial charge in [-0.3, -0.25) is 10.1 Å². The Morgan fingerprint density at radius 3 is 1.96 bits per heavy atom. The quantitative estimate of drug-likeness (QED) is 0.295. The Hall–Kier alpha value is -2.24. The monoisotopic (exact) mass is 397 g/mol. The van der Waals surface area contributed by atoms with Crippen molar-refractivity contribution in [1.82, 2.24) is 0 Å². The lowest BCUT2D eigenvalue weighted by molar-refractivity contribution is -0.387. The fourth-order valence-electron chi connectivity index (χ4n) is 2.53. The molecule has 3 aromatic carbocycles. The second kappa shape index (κ2) is 9.62. The second-order valence-electron chi connectivity index (χ2n) is 6.39. The van der Waals surface area contributed by atoms with Gasteiger partial charge >= 0.3 is 0 Å². The molecule has 0 aliphatic rings. The van der Waals surface area contributed by atoms with Crippen molar-refractivity contribution in [2.75, 3.05) is 0 Å². The third-order valence-electron chi connectivity index (χ3n) is 3.96. The molecule has 0 radical (unpaired) electrons. The molecular formula is C22H23NO2S2. The van der Waals surface area contributed by atoms with Crippen molar-refractivity contribution in [1.29, 1.82) is 0 Å². The van der Waals surface area contributed by atoms with Crippen LogP contribution in [0.1, 0.15) is 22.3 Å². The van der Waals surface area contributed by atoms with Crippen LogP contribution in [-0.4, -0.2) is 4.92 Å². The Labute approximate surface area is 170 Å².